The van der Waals surface area contributed by atoms with E-state index >= 15 is 0 Å². The Morgan fingerprint density at radius 2 is 1.97 bits per heavy atom. The maximum absolute atomic E-state index is 13.5. The highest BCUT2D eigenvalue weighted by Crippen LogP contribution is 2.37. The van der Waals surface area contributed by atoms with Gasteiger partial charge in [0.05, 0.1) is 5.54 Å². The normalized spacial score (nSPS) is 21.5. The number of thiocarbonyl (C=S) groups is 1. The summed E-state index contributed by atoms with van der Waals surface area (Å²) < 4.78 is 13.5. The van der Waals surface area contributed by atoms with Crippen molar-refractivity contribution in [2.24, 2.45) is 5.92 Å². The molecule has 0 saturated carbocycles. The van der Waals surface area contributed by atoms with Gasteiger partial charge in [-0.2, -0.15) is 0 Å². The lowest BCUT2D eigenvalue weighted by atomic mass is 9.81. The average molecular weight is 414 g/mol. The van der Waals surface area contributed by atoms with E-state index in [0.717, 1.165) is 5.56 Å². The molecule has 5 nitrogen and oxygen atoms in total. The second kappa shape index (κ2) is 9.26. The van der Waals surface area contributed by atoms with Crippen LogP contribution in [0.2, 0.25) is 0 Å². The first kappa shape index (κ1) is 21.1. The smallest absolute Gasteiger partial charge is 0.257 e. The zero-order valence-corrected chi connectivity index (χ0v) is 16.8. The van der Waals surface area contributed by atoms with Gasteiger partial charge in [0.15, 0.2) is 5.11 Å². The van der Waals surface area contributed by atoms with E-state index in [2.05, 4.69) is 22.1 Å². The van der Waals surface area contributed by atoms with Crippen LogP contribution in [0.5, 0.6) is 0 Å². The Morgan fingerprint density at radius 1 is 1.28 bits per heavy atom. The second-order valence-electron chi connectivity index (χ2n) is 7.11. The number of benzene rings is 2. The molecule has 2 unspecified atom stereocenters. The van der Waals surface area contributed by atoms with Crippen molar-refractivity contribution in [2.75, 3.05) is 26.2 Å². The number of rotatable bonds is 6. The van der Waals surface area contributed by atoms with Gasteiger partial charge in [0.1, 0.15) is 5.82 Å². The minimum atomic E-state index is -0.771. The number of halogens is 1. The van der Waals surface area contributed by atoms with Crippen molar-refractivity contribution < 1.29 is 14.3 Å². The molecule has 3 N–H and O–H groups in total. The van der Waals surface area contributed by atoms with Crippen LogP contribution >= 0.6 is 12.2 Å². The third-order valence-electron chi connectivity index (χ3n) is 5.22. The Hall–Kier alpha value is -2.61. The number of carbonyl (C=O) groups excluding carboxylic acids is 1. The topological polar surface area (TPSA) is 64.6 Å². The van der Waals surface area contributed by atoms with Gasteiger partial charge in [-0.05, 0) is 42.0 Å². The van der Waals surface area contributed by atoms with Crippen LogP contribution in [0, 0.1) is 11.7 Å². The monoisotopic (exact) mass is 413 g/mol. The van der Waals surface area contributed by atoms with Crippen LogP contribution in [-0.4, -0.2) is 47.3 Å². The fourth-order valence-electron chi connectivity index (χ4n) is 3.84. The van der Waals surface area contributed by atoms with Gasteiger partial charge < -0.3 is 10.4 Å². The lowest BCUT2D eigenvalue weighted by molar-refractivity contribution is 0.0975. The largest absolute Gasteiger partial charge is 0.396 e. The highest BCUT2D eigenvalue weighted by atomic mass is 32.1. The van der Waals surface area contributed by atoms with Gasteiger partial charge in [-0.25, -0.2) is 4.39 Å². The van der Waals surface area contributed by atoms with E-state index in [1.54, 1.807) is 42.5 Å². The fraction of sp³-hybridized carbons (Fsp3) is 0.273. The van der Waals surface area contributed by atoms with Crippen molar-refractivity contribution >= 4 is 23.2 Å². The van der Waals surface area contributed by atoms with Gasteiger partial charge in [0.2, 0.25) is 0 Å². The number of hydrogen-bond donors (Lipinski definition) is 3. The van der Waals surface area contributed by atoms with Crippen molar-refractivity contribution in [3.63, 3.8) is 0 Å². The molecule has 1 heterocycles. The predicted octanol–water partition coefficient (Wildman–Crippen LogP) is 2.44. The number of nitrogens with one attached hydrogen (secondary N) is 2. The highest BCUT2D eigenvalue weighted by Gasteiger charge is 2.48. The maximum Gasteiger partial charge on any atom is 0.257 e. The van der Waals surface area contributed by atoms with E-state index in [-0.39, 0.29) is 29.4 Å². The zero-order valence-electron chi connectivity index (χ0n) is 16.0. The summed E-state index contributed by atoms with van der Waals surface area (Å²) >= 11 is 5.43. The summed E-state index contributed by atoms with van der Waals surface area (Å²) in [7, 11) is 0. The molecule has 2 aromatic rings. The molecule has 3 rings (SSSR count). The van der Waals surface area contributed by atoms with Gasteiger partial charge in [-0.15, -0.1) is 6.58 Å². The minimum absolute atomic E-state index is 0.0900. The Labute approximate surface area is 175 Å². The molecule has 1 amide bonds. The molecule has 2 atom stereocenters. The molecule has 29 heavy (non-hydrogen) atoms. The second-order valence-corrected chi connectivity index (χ2v) is 7.52. The summed E-state index contributed by atoms with van der Waals surface area (Å²) in [5.74, 6) is -0.872. The summed E-state index contributed by atoms with van der Waals surface area (Å²) in [4.78, 5) is 14.6. The molecule has 0 radical (unpaired) electrons. The number of hydrogen-bond acceptors (Lipinski definition) is 4. The number of carbonyl (C=O) groups is 1. The van der Waals surface area contributed by atoms with Crippen LogP contribution in [0.4, 0.5) is 4.39 Å². The zero-order chi connectivity index (χ0) is 20.9. The summed E-state index contributed by atoms with van der Waals surface area (Å²) in [6, 6.07) is 14.9. The van der Waals surface area contributed by atoms with E-state index < -0.39 is 5.54 Å². The molecule has 1 saturated heterocycles. The molecule has 1 aliphatic heterocycles. The summed E-state index contributed by atoms with van der Waals surface area (Å²) in [5, 5.41) is 16.2. The first-order chi connectivity index (χ1) is 14.0. The van der Waals surface area contributed by atoms with Crippen LogP contribution in [0.25, 0.3) is 0 Å². The molecule has 0 spiro atoms. The molecule has 1 aliphatic rings. The first-order valence-electron chi connectivity index (χ1n) is 9.37. The van der Waals surface area contributed by atoms with E-state index in [1.807, 2.05) is 6.07 Å². The molecule has 0 aliphatic carbocycles. The van der Waals surface area contributed by atoms with Gasteiger partial charge in [0.25, 0.3) is 5.91 Å². The molecular weight excluding hydrogens is 389 g/mol. The Morgan fingerprint density at radius 3 is 2.59 bits per heavy atom. The van der Waals surface area contributed by atoms with Crippen LogP contribution in [0.1, 0.15) is 15.9 Å². The van der Waals surface area contributed by atoms with Crippen LogP contribution in [-0.2, 0) is 5.54 Å². The van der Waals surface area contributed by atoms with Gasteiger partial charge >= 0.3 is 0 Å². The SMILES string of the molecule is C=CCN1CC(CO)C(NC(=S)NC(=O)c2ccccc2)(c2ccc(F)cc2)C1. The van der Waals surface area contributed by atoms with Gasteiger partial charge in [-0.1, -0.05) is 36.4 Å². The molecule has 2 aromatic carbocycles. The highest BCUT2D eigenvalue weighted by molar-refractivity contribution is 7.80. The quantitative estimate of drug-likeness (QED) is 0.502. The van der Waals surface area contributed by atoms with Crippen molar-refractivity contribution in [2.45, 2.75) is 5.54 Å². The summed E-state index contributed by atoms with van der Waals surface area (Å²) in [5.41, 5.74) is 0.513. The third-order valence-corrected chi connectivity index (χ3v) is 5.42. The Balaban J connectivity index is 1.87. The Bertz CT molecular complexity index is 875. The van der Waals surface area contributed by atoms with E-state index in [0.29, 0.717) is 25.2 Å². The maximum atomic E-state index is 13.5. The molecular formula is C22H24FN3O2S. The lowest BCUT2D eigenvalue weighted by Crippen LogP contribution is -2.56. The molecule has 7 heteroatoms. The number of aliphatic hydroxyl groups is 1. The molecule has 1 fully saturated rings. The first-order valence-corrected chi connectivity index (χ1v) is 9.78. The van der Waals surface area contributed by atoms with Crippen molar-refractivity contribution in [3.05, 3.63) is 84.2 Å². The summed E-state index contributed by atoms with van der Waals surface area (Å²) in [6.45, 7) is 5.48. The Kier molecular flexibility index (Phi) is 6.74. The van der Waals surface area contributed by atoms with E-state index in [1.165, 1.54) is 12.1 Å². The molecule has 0 aromatic heterocycles. The molecule has 0 bridgehead atoms. The fourth-order valence-corrected chi connectivity index (χ4v) is 4.11. The van der Waals surface area contributed by atoms with E-state index in [4.69, 9.17) is 12.2 Å². The minimum Gasteiger partial charge on any atom is -0.396 e. The van der Waals surface area contributed by atoms with Crippen LogP contribution < -0.4 is 10.6 Å². The number of nitrogens with zero attached hydrogens (tertiary/aromatic N) is 1. The van der Waals surface area contributed by atoms with Crippen molar-refractivity contribution in [1.82, 2.24) is 15.5 Å². The molecule has 152 valence electrons. The number of aliphatic hydroxyl groups excluding tert-OH is 1. The van der Waals surface area contributed by atoms with Crippen molar-refractivity contribution in [3.8, 4) is 0 Å². The van der Waals surface area contributed by atoms with Crippen LogP contribution in [0.15, 0.2) is 67.3 Å². The third kappa shape index (κ3) is 4.70. The van der Waals surface area contributed by atoms with Crippen LogP contribution in [0.3, 0.4) is 0 Å². The summed E-state index contributed by atoms with van der Waals surface area (Å²) in [6.07, 6.45) is 1.80. The predicted molar refractivity (Wildman–Crippen MR) is 115 cm³/mol. The van der Waals surface area contributed by atoms with Gasteiger partial charge in [-0.3, -0.25) is 15.0 Å². The average Bonchev–Trinajstić information content (AvgIpc) is 3.07. The van der Waals surface area contributed by atoms with E-state index in [9.17, 15) is 14.3 Å². The van der Waals surface area contributed by atoms with Gasteiger partial charge in [0, 0.05) is 37.7 Å². The number of likely N-dealkylation sites (tertiary alicyclic amines) is 1. The standard InChI is InChI=1S/C22H24FN3O2S/c1-2-12-26-13-18(14-27)22(15-26,17-8-10-19(23)11-9-17)25-21(29)24-20(28)16-6-4-3-5-7-16/h2-11,18,27H,1,12-15H2,(H2,24,25,28,29). The lowest BCUT2D eigenvalue weighted by Gasteiger charge is -2.37. The number of amides is 1. The van der Waals surface area contributed by atoms with Crippen molar-refractivity contribution in [1.29, 1.82) is 0 Å².